The van der Waals surface area contributed by atoms with Crippen LogP contribution in [0.25, 0.3) is 10.7 Å². The Hall–Kier alpha value is -1.57. The molecule has 1 atom stereocenters. The zero-order chi connectivity index (χ0) is 16.2. The van der Waals surface area contributed by atoms with Gasteiger partial charge in [-0.1, -0.05) is 17.4 Å². The Bertz CT molecular complexity index is 643. The standard InChI is InChI=1S/C17H23N5OS/c1-2-6-18-15(5-1)16-19-20-17(24-16)22-7-3-4-14(13-22)12-21-8-10-23-11-9-21/h1-2,5-6,14H,3-4,7-13H2. The number of morpholine rings is 1. The third-order valence-corrected chi connectivity index (χ3v) is 5.71. The molecule has 2 aliphatic heterocycles. The molecule has 0 bridgehead atoms. The van der Waals surface area contributed by atoms with Crippen molar-refractivity contribution in [2.75, 3.05) is 50.8 Å². The van der Waals surface area contributed by atoms with Gasteiger partial charge in [0.2, 0.25) is 5.13 Å². The first-order valence-corrected chi connectivity index (χ1v) is 9.50. The van der Waals surface area contributed by atoms with E-state index in [1.807, 2.05) is 18.2 Å². The Morgan fingerprint density at radius 2 is 2.08 bits per heavy atom. The molecule has 0 spiro atoms. The molecule has 4 rings (SSSR count). The summed E-state index contributed by atoms with van der Waals surface area (Å²) in [6.45, 7) is 7.22. The molecule has 6 nitrogen and oxygen atoms in total. The maximum Gasteiger partial charge on any atom is 0.208 e. The van der Waals surface area contributed by atoms with E-state index < -0.39 is 0 Å². The lowest BCUT2D eigenvalue weighted by Gasteiger charge is -2.36. The first kappa shape index (κ1) is 15.9. The van der Waals surface area contributed by atoms with Gasteiger partial charge in [0.15, 0.2) is 5.01 Å². The number of rotatable bonds is 4. The maximum atomic E-state index is 5.45. The van der Waals surface area contributed by atoms with Gasteiger partial charge in [-0.25, -0.2) is 0 Å². The number of hydrogen-bond donors (Lipinski definition) is 0. The van der Waals surface area contributed by atoms with Crippen molar-refractivity contribution in [2.45, 2.75) is 12.8 Å². The number of pyridine rings is 1. The van der Waals surface area contributed by atoms with Gasteiger partial charge in [0.05, 0.1) is 13.2 Å². The van der Waals surface area contributed by atoms with Crippen LogP contribution < -0.4 is 4.90 Å². The third kappa shape index (κ3) is 3.74. The van der Waals surface area contributed by atoms with Crippen molar-refractivity contribution in [2.24, 2.45) is 5.92 Å². The SMILES string of the molecule is c1ccc(-c2nnc(N3CCCC(CN4CCOCC4)C3)s2)nc1. The van der Waals surface area contributed by atoms with Gasteiger partial charge in [0.1, 0.15) is 5.69 Å². The highest BCUT2D eigenvalue weighted by molar-refractivity contribution is 7.18. The van der Waals surface area contributed by atoms with Gasteiger partial charge in [-0.3, -0.25) is 9.88 Å². The van der Waals surface area contributed by atoms with Gasteiger partial charge in [-0.15, -0.1) is 10.2 Å². The molecule has 2 saturated heterocycles. The monoisotopic (exact) mass is 345 g/mol. The van der Waals surface area contributed by atoms with E-state index in [2.05, 4.69) is 25.0 Å². The first-order chi connectivity index (χ1) is 11.9. The van der Waals surface area contributed by atoms with Crippen LogP contribution in [0.1, 0.15) is 12.8 Å². The topological polar surface area (TPSA) is 54.4 Å². The summed E-state index contributed by atoms with van der Waals surface area (Å²) in [6.07, 6.45) is 4.34. The molecule has 2 fully saturated rings. The van der Waals surface area contributed by atoms with Crippen LogP contribution in [0.5, 0.6) is 0 Å². The molecule has 0 amide bonds. The normalized spacial score (nSPS) is 22.7. The van der Waals surface area contributed by atoms with Gasteiger partial charge >= 0.3 is 0 Å². The molecule has 2 aromatic heterocycles. The molecule has 4 heterocycles. The largest absolute Gasteiger partial charge is 0.379 e. The number of anilines is 1. The summed E-state index contributed by atoms with van der Waals surface area (Å²) in [5.41, 5.74) is 0.906. The summed E-state index contributed by atoms with van der Waals surface area (Å²) in [5, 5.41) is 10.7. The number of ether oxygens (including phenoxy) is 1. The fourth-order valence-corrected chi connectivity index (χ4v) is 4.33. The van der Waals surface area contributed by atoms with E-state index in [1.54, 1.807) is 17.5 Å². The van der Waals surface area contributed by atoms with Gasteiger partial charge in [-0.2, -0.15) is 0 Å². The van der Waals surface area contributed by atoms with Crippen molar-refractivity contribution in [3.63, 3.8) is 0 Å². The number of piperidine rings is 1. The molecular weight excluding hydrogens is 322 g/mol. The lowest BCUT2D eigenvalue weighted by molar-refractivity contribution is 0.0296. The molecule has 2 aliphatic rings. The Morgan fingerprint density at radius 3 is 2.92 bits per heavy atom. The third-order valence-electron chi connectivity index (χ3n) is 4.71. The highest BCUT2D eigenvalue weighted by Gasteiger charge is 2.25. The second kappa shape index (κ2) is 7.55. The summed E-state index contributed by atoms with van der Waals surface area (Å²) in [4.78, 5) is 9.31. The molecule has 0 radical (unpaired) electrons. The van der Waals surface area contributed by atoms with Crippen molar-refractivity contribution in [1.29, 1.82) is 0 Å². The average Bonchev–Trinajstić information content (AvgIpc) is 3.14. The van der Waals surface area contributed by atoms with E-state index in [4.69, 9.17) is 4.74 Å². The van der Waals surface area contributed by atoms with E-state index >= 15 is 0 Å². The van der Waals surface area contributed by atoms with Crippen molar-refractivity contribution < 1.29 is 4.74 Å². The molecule has 128 valence electrons. The minimum Gasteiger partial charge on any atom is -0.379 e. The van der Waals surface area contributed by atoms with Crippen molar-refractivity contribution in [1.82, 2.24) is 20.1 Å². The van der Waals surface area contributed by atoms with Crippen LogP contribution in [0.15, 0.2) is 24.4 Å². The van der Waals surface area contributed by atoms with E-state index in [9.17, 15) is 0 Å². The predicted octanol–water partition coefficient (Wildman–Crippen LogP) is 2.15. The van der Waals surface area contributed by atoms with E-state index in [1.165, 1.54) is 19.4 Å². The smallest absolute Gasteiger partial charge is 0.208 e. The van der Waals surface area contributed by atoms with Crippen molar-refractivity contribution in [3.8, 4) is 10.7 Å². The molecule has 1 unspecified atom stereocenters. The summed E-state index contributed by atoms with van der Waals surface area (Å²) in [7, 11) is 0. The Kier molecular flexibility index (Phi) is 5.01. The van der Waals surface area contributed by atoms with E-state index in [0.29, 0.717) is 5.92 Å². The lowest BCUT2D eigenvalue weighted by Crippen LogP contribution is -2.44. The average molecular weight is 345 g/mol. The zero-order valence-corrected chi connectivity index (χ0v) is 14.6. The number of hydrogen-bond acceptors (Lipinski definition) is 7. The minimum absolute atomic E-state index is 0.707. The molecule has 0 aromatic carbocycles. The van der Waals surface area contributed by atoms with Crippen LogP contribution in [-0.4, -0.2) is 66.0 Å². The van der Waals surface area contributed by atoms with Gasteiger partial charge in [0.25, 0.3) is 0 Å². The minimum atomic E-state index is 0.707. The van der Waals surface area contributed by atoms with Crippen LogP contribution in [0.4, 0.5) is 5.13 Å². The van der Waals surface area contributed by atoms with Gasteiger partial charge < -0.3 is 9.64 Å². The predicted molar refractivity (Wildman–Crippen MR) is 95.3 cm³/mol. The van der Waals surface area contributed by atoms with Crippen LogP contribution in [0, 0.1) is 5.92 Å². The molecule has 24 heavy (non-hydrogen) atoms. The van der Waals surface area contributed by atoms with E-state index in [0.717, 1.165) is 55.2 Å². The first-order valence-electron chi connectivity index (χ1n) is 8.68. The highest BCUT2D eigenvalue weighted by atomic mass is 32.1. The number of nitrogens with zero attached hydrogens (tertiary/aromatic N) is 5. The van der Waals surface area contributed by atoms with Crippen molar-refractivity contribution >= 4 is 16.5 Å². The molecule has 0 N–H and O–H groups in total. The van der Waals surface area contributed by atoms with Gasteiger partial charge in [-0.05, 0) is 30.9 Å². The summed E-state index contributed by atoms with van der Waals surface area (Å²) < 4.78 is 5.45. The van der Waals surface area contributed by atoms with Crippen LogP contribution in [0.2, 0.25) is 0 Å². The fraction of sp³-hybridized carbons (Fsp3) is 0.588. The van der Waals surface area contributed by atoms with Crippen molar-refractivity contribution in [3.05, 3.63) is 24.4 Å². The zero-order valence-electron chi connectivity index (χ0n) is 13.8. The Balaban J connectivity index is 1.40. The molecule has 0 aliphatic carbocycles. The maximum absolute atomic E-state index is 5.45. The van der Waals surface area contributed by atoms with Gasteiger partial charge in [0, 0.05) is 38.9 Å². The quantitative estimate of drug-likeness (QED) is 0.846. The fourth-order valence-electron chi connectivity index (χ4n) is 3.47. The molecule has 2 aromatic rings. The molecular formula is C17H23N5OS. The van der Waals surface area contributed by atoms with Crippen LogP contribution in [-0.2, 0) is 4.74 Å². The highest BCUT2D eigenvalue weighted by Crippen LogP contribution is 2.30. The summed E-state index contributed by atoms with van der Waals surface area (Å²) in [6, 6.07) is 5.90. The van der Waals surface area contributed by atoms with Crippen LogP contribution in [0.3, 0.4) is 0 Å². The molecule has 0 saturated carbocycles. The van der Waals surface area contributed by atoms with Crippen LogP contribution >= 0.6 is 11.3 Å². The molecule has 7 heteroatoms. The number of aromatic nitrogens is 3. The Morgan fingerprint density at radius 1 is 1.17 bits per heavy atom. The second-order valence-corrected chi connectivity index (χ2v) is 7.43. The summed E-state index contributed by atoms with van der Waals surface area (Å²) in [5.74, 6) is 0.707. The van der Waals surface area contributed by atoms with E-state index in [-0.39, 0.29) is 0 Å². The Labute approximate surface area is 146 Å². The lowest BCUT2D eigenvalue weighted by atomic mass is 9.97. The second-order valence-electron chi connectivity index (χ2n) is 6.47. The summed E-state index contributed by atoms with van der Waals surface area (Å²) >= 11 is 1.65.